The van der Waals surface area contributed by atoms with E-state index in [4.69, 9.17) is 0 Å². The summed E-state index contributed by atoms with van der Waals surface area (Å²) in [6.45, 7) is 0.575. The highest BCUT2D eigenvalue weighted by Gasteiger charge is 2.18. The molecule has 0 atom stereocenters. The van der Waals surface area contributed by atoms with Gasteiger partial charge < -0.3 is 9.88 Å². The summed E-state index contributed by atoms with van der Waals surface area (Å²) in [6, 6.07) is 15.1. The number of ketones is 1. The van der Waals surface area contributed by atoms with Crippen LogP contribution in [0.3, 0.4) is 0 Å². The third-order valence-corrected chi connectivity index (χ3v) is 5.17. The fraction of sp³-hybridized carbons (Fsp3) is 0.0952. The van der Waals surface area contributed by atoms with Gasteiger partial charge >= 0.3 is 0 Å². The molecule has 3 heterocycles. The molecule has 134 valence electrons. The minimum absolute atomic E-state index is 0.0179. The van der Waals surface area contributed by atoms with Gasteiger partial charge in [-0.2, -0.15) is 0 Å². The van der Waals surface area contributed by atoms with Gasteiger partial charge in [-0.05, 0) is 29.1 Å². The zero-order valence-electron chi connectivity index (χ0n) is 14.5. The maximum absolute atomic E-state index is 12.8. The summed E-state index contributed by atoms with van der Waals surface area (Å²) in [5, 5.41) is 5.64. The summed E-state index contributed by atoms with van der Waals surface area (Å²) in [7, 11) is 0. The second kappa shape index (κ2) is 7.55. The zero-order valence-corrected chi connectivity index (χ0v) is 15.3. The molecule has 0 radical (unpaired) electrons. The van der Waals surface area contributed by atoms with E-state index >= 15 is 0 Å². The topological polar surface area (TPSA) is 64.0 Å². The van der Waals surface area contributed by atoms with Crippen molar-refractivity contribution < 1.29 is 9.59 Å². The van der Waals surface area contributed by atoms with Crippen molar-refractivity contribution >= 4 is 33.9 Å². The van der Waals surface area contributed by atoms with Crippen molar-refractivity contribution in [2.75, 3.05) is 0 Å². The lowest BCUT2D eigenvalue weighted by Gasteiger charge is -2.07. The number of hydrogen-bond acceptors (Lipinski definition) is 4. The van der Waals surface area contributed by atoms with Crippen molar-refractivity contribution in [1.82, 2.24) is 14.9 Å². The van der Waals surface area contributed by atoms with E-state index in [0.717, 1.165) is 16.5 Å². The minimum Gasteiger partial charge on any atom is -0.350 e. The van der Waals surface area contributed by atoms with Crippen molar-refractivity contribution in [2.24, 2.45) is 0 Å². The molecule has 0 aliphatic rings. The van der Waals surface area contributed by atoms with E-state index in [-0.39, 0.29) is 18.2 Å². The van der Waals surface area contributed by atoms with E-state index in [1.807, 2.05) is 58.5 Å². The highest BCUT2D eigenvalue weighted by atomic mass is 32.1. The smallest absolute Gasteiger partial charge is 0.240 e. The van der Waals surface area contributed by atoms with Crippen LogP contribution in [0, 0.1) is 0 Å². The Morgan fingerprint density at radius 1 is 1.07 bits per heavy atom. The number of pyridine rings is 1. The van der Waals surface area contributed by atoms with Crippen LogP contribution < -0.4 is 5.32 Å². The summed E-state index contributed by atoms with van der Waals surface area (Å²) >= 11 is 1.42. The number of fused-ring (bicyclic) bond motifs is 1. The molecule has 27 heavy (non-hydrogen) atoms. The molecule has 4 aromatic rings. The van der Waals surface area contributed by atoms with Gasteiger partial charge in [0.05, 0.1) is 4.88 Å². The molecule has 0 saturated carbocycles. The monoisotopic (exact) mass is 375 g/mol. The number of benzene rings is 1. The van der Waals surface area contributed by atoms with Crippen molar-refractivity contribution in [3.63, 3.8) is 0 Å². The van der Waals surface area contributed by atoms with Crippen molar-refractivity contribution in [1.29, 1.82) is 0 Å². The predicted octanol–water partition coefficient (Wildman–Crippen LogP) is 3.65. The maximum atomic E-state index is 12.8. The molecule has 0 saturated heterocycles. The Morgan fingerprint density at radius 3 is 2.74 bits per heavy atom. The number of hydrogen-bond donors (Lipinski definition) is 1. The van der Waals surface area contributed by atoms with E-state index in [2.05, 4.69) is 10.3 Å². The minimum atomic E-state index is -0.116. The van der Waals surface area contributed by atoms with Crippen molar-refractivity contribution in [2.45, 2.75) is 13.1 Å². The summed E-state index contributed by atoms with van der Waals surface area (Å²) in [5.41, 5.74) is 2.43. The van der Waals surface area contributed by atoms with Gasteiger partial charge in [-0.3, -0.25) is 14.6 Å². The second-order valence-corrected chi connectivity index (χ2v) is 7.08. The molecular formula is C21H17N3O2S. The standard InChI is InChI=1S/C21H17N3O2S/c25-20(23-12-15-5-3-9-22-11-15)14-24-13-17(16-6-1-2-7-18(16)24)21(26)19-8-4-10-27-19/h1-11,13H,12,14H2,(H,23,25). The van der Waals surface area contributed by atoms with Gasteiger partial charge in [-0.25, -0.2) is 0 Å². The molecule has 0 aliphatic carbocycles. The lowest BCUT2D eigenvalue weighted by atomic mass is 10.1. The first-order valence-electron chi connectivity index (χ1n) is 8.54. The molecule has 0 aliphatic heterocycles. The highest BCUT2D eigenvalue weighted by Crippen LogP contribution is 2.25. The molecule has 0 spiro atoms. The average molecular weight is 375 g/mol. The predicted molar refractivity (Wildman–Crippen MR) is 106 cm³/mol. The lowest BCUT2D eigenvalue weighted by Crippen LogP contribution is -2.26. The van der Waals surface area contributed by atoms with E-state index in [1.54, 1.807) is 18.6 Å². The number of carbonyl (C=O) groups excluding carboxylic acids is 2. The van der Waals surface area contributed by atoms with Gasteiger partial charge in [0.25, 0.3) is 0 Å². The van der Waals surface area contributed by atoms with Gasteiger partial charge in [0.1, 0.15) is 6.54 Å². The molecule has 1 amide bonds. The van der Waals surface area contributed by atoms with Gasteiger partial charge in [0.15, 0.2) is 0 Å². The lowest BCUT2D eigenvalue weighted by molar-refractivity contribution is -0.121. The Morgan fingerprint density at radius 2 is 1.96 bits per heavy atom. The average Bonchev–Trinajstić information content (AvgIpc) is 3.36. The summed E-state index contributed by atoms with van der Waals surface area (Å²) in [6.07, 6.45) is 5.20. The van der Waals surface area contributed by atoms with E-state index in [0.29, 0.717) is 17.0 Å². The molecule has 4 rings (SSSR count). The first kappa shape index (κ1) is 17.2. The van der Waals surface area contributed by atoms with Crippen LogP contribution in [0.2, 0.25) is 0 Å². The van der Waals surface area contributed by atoms with Crippen molar-refractivity contribution in [3.05, 3.63) is 88.5 Å². The van der Waals surface area contributed by atoms with Crippen LogP contribution in [-0.2, 0) is 17.9 Å². The SMILES string of the molecule is O=C(Cn1cc(C(=O)c2cccs2)c2ccccc21)NCc1cccnc1. The Balaban J connectivity index is 1.57. The van der Waals surface area contributed by atoms with Crippen LogP contribution in [0.15, 0.2) is 72.5 Å². The van der Waals surface area contributed by atoms with E-state index in [1.165, 1.54) is 11.3 Å². The number of carbonyl (C=O) groups is 2. The molecule has 0 unspecified atom stereocenters. The molecule has 5 nitrogen and oxygen atoms in total. The summed E-state index contributed by atoms with van der Waals surface area (Å²) < 4.78 is 1.83. The number of para-hydroxylation sites is 1. The van der Waals surface area contributed by atoms with E-state index < -0.39 is 0 Å². The molecule has 3 aromatic heterocycles. The third-order valence-electron chi connectivity index (χ3n) is 4.30. The number of thiophene rings is 1. The van der Waals surface area contributed by atoms with Crippen LogP contribution in [0.25, 0.3) is 10.9 Å². The first-order chi connectivity index (χ1) is 13.2. The Hall–Kier alpha value is -3.25. The van der Waals surface area contributed by atoms with Gasteiger partial charge in [-0.1, -0.05) is 30.3 Å². The van der Waals surface area contributed by atoms with Crippen LogP contribution in [0.5, 0.6) is 0 Å². The molecule has 6 heteroatoms. The normalized spacial score (nSPS) is 10.8. The Kier molecular flexibility index (Phi) is 4.80. The number of nitrogens with zero attached hydrogens (tertiary/aromatic N) is 2. The number of amides is 1. The van der Waals surface area contributed by atoms with Crippen molar-refractivity contribution in [3.8, 4) is 0 Å². The first-order valence-corrected chi connectivity index (χ1v) is 9.42. The third kappa shape index (κ3) is 3.66. The van der Waals surface area contributed by atoms with Crippen LogP contribution in [0.1, 0.15) is 20.8 Å². The molecular weight excluding hydrogens is 358 g/mol. The van der Waals surface area contributed by atoms with Crippen LogP contribution >= 0.6 is 11.3 Å². The summed E-state index contributed by atoms with van der Waals surface area (Å²) in [4.78, 5) is 30.0. The van der Waals surface area contributed by atoms with Crippen LogP contribution in [0.4, 0.5) is 0 Å². The molecule has 0 bridgehead atoms. The molecule has 0 fully saturated rings. The number of rotatable bonds is 6. The quantitative estimate of drug-likeness (QED) is 0.523. The molecule has 1 N–H and O–H groups in total. The second-order valence-electron chi connectivity index (χ2n) is 6.13. The largest absolute Gasteiger partial charge is 0.350 e. The fourth-order valence-corrected chi connectivity index (χ4v) is 3.69. The Bertz CT molecular complexity index is 1090. The van der Waals surface area contributed by atoms with Crippen LogP contribution in [-0.4, -0.2) is 21.2 Å². The summed E-state index contributed by atoms with van der Waals surface area (Å²) in [5.74, 6) is -0.134. The van der Waals surface area contributed by atoms with E-state index in [9.17, 15) is 9.59 Å². The fourth-order valence-electron chi connectivity index (χ4n) is 3.01. The maximum Gasteiger partial charge on any atom is 0.240 e. The van der Waals surface area contributed by atoms with Gasteiger partial charge in [0, 0.05) is 41.6 Å². The van der Waals surface area contributed by atoms with Gasteiger partial charge in [0.2, 0.25) is 11.7 Å². The zero-order chi connectivity index (χ0) is 18.6. The van der Waals surface area contributed by atoms with Gasteiger partial charge in [-0.15, -0.1) is 11.3 Å². The number of nitrogens with one attached hydrogen (secondary N) is 1. The molecule has 1 aromatic carbocycles. The number of aromatic nitrogens is 2. The highest BCUT2D eigenvalue weighted by molar-refractivity contribution is 7.12. The Labute approximate surface area is 160 Å².